The van der Waals surface area contributed by atoms with Gasteiger partial charge in [0.15, 0.2) is 0 Å². The van der Waals surface area contributed by atoms with E-state index in [9.17, 15) is 30.3 Å². The van der Waals surface area contributed by atoms with Gasteiger partial charge in [0.1, 0.15) is 0 Å². The van der Waals surface area contributed by atoms with E-state index < -0.39 is 11.9 Å². The summed E-state index contributed by atoms with van der Waals surface area (Å²) in [6.07, 6.45) is 0.594. The number of carboxylic acids is 2. The van der Waals surface area contributed by atoms with Crippen molar-refractivity contribution < 1.29 is 19.8 Å². The molecule has 5 aromatic carbocycles. The van der Waals surface area contributed by atoms with Gasteiger partial charge in [-0.1, -0.05) is 32.0 Å². The van der Waals surface area contributed by atoms with Crippen LogP contribution in [0.4, 0.5) is 0 Å². The zero-order chi connectivity index (χ0) is 24.3. The van der Waals surface area contributed by atoms with Gasteiger partial charge in [-0.05, 0) is 74.5 Å². The summed E-state index contributed by atoms with van der Waals surface area (Å²) < 4.78 is 0. The standard InChI is InChI=1S/C28H18N2O4/c1-13(2)9-16-10-21(28(33)34)23-15(12-30)3-5-18-17-7-8-20(27(31)32)22-14(11-29)4-6-19(25(17)22)24(16)26(18)23/h3-8,10,13H,9H2,1-2H3,(H,31,32)(H,33,34). The Labute approximate surface area is 194 Å². The predicted octanol–water partition coefficient (Wildman–Crippen LogP) is 6.08. The maximum absolute atomic E-state index is 12.3. The second kappa shape index (κ2) is 7.43. The Balaban J connectivity index is 2.20. The highest BCUT2D eigenvalue weighted by Gasteiger charge is 2.25. The van der Waals surface area contributed by atoms with Crippen LogP contribution in [0.3, 0.4) is 0 Å². The fourth-order valence-corrected chi connectivity index (χ4v) is 5.22. The molecule has 5 aromatic rings. The van der Waals surface area contributed by atoms with Crippen molar-refractivity contribution in [3.05, 3.63) is 70.3 Å². The Morgan fingerprint density at radius 2 is 1.26 bits per heavy atom. The second-order valence-corrected chi connectivity index (χ2v) is 8.87. The van der Waals surface area contributed by atoms with Crippen molar-refractivity contribution in [1.29, 1.82) is 10.5 Å². The molecule has 0 spiro atoms. The molecule has 34 heavy (non-hydrogen) atoms. The molecule has 0 amide bonds. The first-order chi connectivity index (χ1) is 16.3. The van der Waals surface area contributed by atoms with Gasteiger partial charge in [-0.25, -0.2) is 9.59 Å². The van der Waals surface area contributed by atoms with E-state index in [0.717, 1.165) is 21.7 Å². The molecule has 2 N–H and O–H groups in total. The molecule has 0 aliphatic carbocycles. The minimum atomic E-state index is -1.13. The molecule has 0 bridgehead atoms. The van der Waals surface area contributed by atoms with Gasteiger partial charge < -0.3 is 10.2 Å². The van der Waals surface area contributed by atoms with Crippen LogP contribution in [0.25, 0.3) is 43.1 Å². The van der Waals surface area contributed by atoms with Crippen molar-refractivity contribution in [1.82, 2.24) is 0 Å². The van der Waals surface area contributed by atoms with Crippen molar-refractivity contribution in [3.63, 3.8) is 0 Å². The van der Waals surface area contributed by atoms with Crippen molar-refractivity contribution in [2.45, 2.75) is 20.3 Å². The van der Waals surface area contributed by atoms with Gasteiger partial charge in [0.25, 0.3) is 0 Å². The second-order valence-electron chi connectivity index (χ2n) is 8.87. The van der Waals surface area contributed by atoms with Crippen molar-refractivity contribution in [2.24, 2.45) is 5.92 Å². The third-order valence-electron chi connectivity index (χ3n) is 6.41. The molecule has 0 fully saturated rings. The van der Waals surface area contributed by atoms with Crippen LogP contribution in [0, 0.1) is 28.6 Å². The predicted molar refractivity (Wildman–Crippen MR) is 130 cm³/mol. The lowest BCUT2D eigenvalue weighted by Gasteiger charge is -2.21. The number of hydrogen-bond acceptors (Lipinski definition) is 4. The first kappa shape index (κ1) is 21.2. The van der Waals surface area contributed by atoms with Gasteiger partial charge in [-0.2, -0.15) is 10.5 Å². The summed E-state index contributed by atoms with van der Waals surface area (Å²) in [5.41, 5.74) is 1.46. The number of carboxylic acid groups (broad SMARTS) is 2. The van der Waals surface area contributed by atoms with Crippen LogP contribution in [0.15, 0.2) is 42.5 Å². The summed E-state index contributed by atoms with van der Waals surface area (Å²) in [5.74, 6) is -2.01. The van der Waals surface area contributed by atoms with E-state index in [0.29, 0.717) is 33.4 Å². The van der Waals surface area contributed by atoms with Crippen molar-refractivity contribution in [2.75, 3.05) is 0 Å². The molecule has 0 saturated heterocycles. The molecule has 0 atom stereocenters. The highest BCUT2D eigenvalue weighted by molar-refractivity contribution is 6.37. The number of nitrogens with zero attached hydrogens (tertiary/aromatic N) is 2. The van der Waals surface area contributed by atoms with Gasteiger partial charge in [0.2, 0.25) is 0 Å². The summed E-state index contributed by atoms with van der Waals surface area (Å²) in [6.45, 7) is 4.08. The van der Waals surface area contributed by atoms with Crippen LogP contribution in [-0.4, -0.2) is 22.2 Å². The van der Waals surface area contributed by atoms with Gasteiger partial charge in [0, 0.05) is 10.8 Å². The number of benzene rings is 5. The smallest absolute Gasteiger partial charge is 0.336 e. The first-order valence-corrected chi connectivity index (χ1v) is 10.8. The van der Waals surface area contributed by atoms with Crippen LogP contribution in [0.1, 0.15) is 51.3 Å². The normalized spacial score (nSPS) is 11.4. The zero-order valence-electron chi connectivity index (χ0n) is 18.4. The third-order valence-corrected chi connectivity index (χ3v) is 6.41. The third kappa shape index (κ3) is 2.79. The fourth-order valence-electron chi connectivity index (χ4n) is 5.22. The van der Waals surface area contributed by atoms with Gasteiger partial charge >= 0.3 is 11.9 Å². The number of carbonyl (C=O) groups is 2. The van der Waals surface area contributed by atoms with E-state index in [1.807, 2.05) is 13.8 Å². The van der Waals surface area contributed by atoms with Crippen LogP contribution < -0.4 is 0 Å². The minimum Gasteiger partial charge on any atom is -0.478 e. The van der Waals surface area contributed by atoms with Crippen molar-refractivity contribution >= 4 is 55.0 Å². The molecule has 0 saturated carbocycles. The molecule has 0 aliphatic heterocycles. The van der Waals surface area contributed by atoms with Gasteiger partial charge in [-0.15, -0.1) is 0 Å². The average Bonchev–Trinajstić information content (AvgIpc) is 2.81. The molecule has 0 aromatic heterocycles. The molecule has 6 heteroatoms. The van der Waals surface area contributed by atoms with Crippen LogP contribution >= 0.6 is 0 Å². The SMILES string of the molecule is CC(C)Cc1cc(C(=O)O)c2c(C#N)ccc3c4ccc(C(=O)O)c5c(C#N)ccc(c1c23)c54. The topological polar surface area (TPSA) is 122 Å². The Bertz CT molecular complexity index is 1790. The lowest BCUT2D eigenvalue weighted by atomic mass is 9.81. The van der Waals surface area contributed by atoms with E-state index >= 15 is 0 Å². The Morgan fingerprint density at radius 1 is 0.735 bits per heavy atom. The van der Waals surface area contributed by atoms with Crippen LogP contribution in [0.5, 0.6) is 0 Å². The highest BCUT2D eigenvalue weighted by atomic mass is 16.4. The maximum Gasteiger partial charge on any atom is 0.336 e. The fraction of sp³-hybridized carbons (Fsp3) is 0.143. The number of rotatable bonds is 4. The van der Waals surface area contributed by atoms with E-state index in [4.69, 9.17) is 0 Å². The monoisotopic (exact) mass is 446 g/mol. The average molecular weight is 446 g/mol. The molecule has 0 aliphatic rings. The van der Waals surface area contributed by atoms with E-state index in [1.54, 1.807) is 36.4 Å². The van der Waals surface area contributed by atoms with Gasteiger partial charge in [0.05, 0.1) is 34.4 Å². The first-order valence-electron chi connectivity index (χ1n) is 10.8. The summed E-state index contributed by atoms with van der Waals surface area (Å²) >= 11 is 0. The van der Waals surface area contributed by atoms with E-state index in [-0.39, 0.29) is 28.2 Å². The number of nitriles is 2. The number of fused-ring (bicyclic) bond motifs is 2. The van der Waals surface area contributed by atoms with E-state index in [2.05, 4.69) is 12.1 Å². The molecule has 0 heterocycles. The molecule has 164 valence electrons. The lowest BCUT2D eigenvalue weighted by Crippen LogP contribution is -2.06. The molecular weight excluding hydrogens is 428 g/mol. The molecular formula is C28H18N2O4. The van der Waals surface area contributed by atoms with Crippen molar-refractivity contribution in [3.8, 4) is 12.1 Å². The number of aromatic carboxylic acids is 2. The summed E-state index contributed by atoms with van der Waals surface area (Å²) in [4.78, 5) is 24.3. The van der Waals surface area contributed by atoms with Gasteiger partial charge in [-0.3, -0.25) is 0 Å². The molecule has 0 unspecified atom stereocenters. The summed E-state index contributed by atoms with van der Waals surface area (Å²) in [5, 5.41) is 44.5. The van der Waals surface area contributed by atoms with E-state index in [1.165, 1.54) is 6.07 Å². The van der Waals surface area contributed by atoms with Crippen LogP contribution in [0.2, 0.25) is 0 Å². The quantitative estimate of drug-likeness (QED) is 0.255. The Kier molecular flexibility index (Phi) is 4.63. The Morgan fingerprint density at radius 3 is 1.82 bits per heavy atom. The summed E-state index contributed by atoms with van der Waals surface area (Å²) in [7, 11) is 0. The maximum atomic E-state index is 12.3. The number of hydrogen-bond donors (Lipinski definition) is 2. The zero-order valence-corrected chi connectivity index (χ0v) is 18.4. The molecule has 6 nitrogen and oxygen atoms in total. The van der Waals surface area contributed by atoms with Crippen LogP contribution in [-0.2, 0) is 6.42 Å². The Hall–Kier alpha value is -4.68. The minimum absolute atomic E-state index is 0.0399. The lowest BCUT2D eigenvalue weighted by molar-refractivity contribution is 0.0688. The largest absolute Gasteiger partial charge is 0.478 e. The molecule has 5 rings (SSSR count). The molecule has 0 radical (unpaired) electrons. The highest BCUT2D eigenvalue weighted by Crippen LogP contribution is 2.45. The summed E-state index contributed by atoms with van der Waals surface area (Å²) in [6, 6.07) is 15.9.